The maximum absolute atomic E-state index is 5.23. The van der Waals surface area contributed by atoms with Crippen LogP contribution in [0.5, 0.6) is 0 Å². The fraction of sp³-hybridized carbons (Fsp3) is 0.188. The van der Waals surface area contributed by atoms with Crippen molar-refractivity contribution in [3.8, 4) is 11.5 Å². The van der Waals surface area contributed by atoms with Gasteiger partial charge in [-0.3, -0.25) is 4.98 Å². The first-order valence-electron chi connectivity index (χ1n) is 6.56. The van der Waals surface area contributed by atoms with Crippen LogP contribution in [0.15, 0.2) is 48.8 Å². The number of fused-ring (bicyclic) bond motifs is 1. The molecule has 0 spiro atoms. The Morgan fingerprint density at radius 1 is 0.905 bits per heavy atom. The molecule has 0 bridgehead atoms. The number of hydrogen-bond donors (Lipinski definition) is 0. The molecule has 0 amide bonds. The summed E-state index contributed by atoms with van der Waals surface area (Å²) >= 11 is 0. The highest BCUT2D eigenvalue weighted by Gasteiger charge is 2.14. The molecule has 0 saturated heterocycles. The van der Waals surface area contributed by atoms with Gasteiger partial charge in [-0.1, -0.05) is 24.3 Å². The van der Waals surface area contributed by atoms with Gasteiger partial charge in [-0.25, -0.2) is 9.97 Å². The Labute approximate surface area is 122 Å². The molecule has 0 radical (unpaired) electrons. The van der Waals surface area contributed by atoms with Gasteiger partial charge >= 0.3 is 0 Å². The van der Waals surface area contributed by atoms with Crippen LogP contribution >= 0.6 is 0 Å². The molecule has 0 aliphatic rings. The average molecular weight is 281 g/mol. The van der Waals surface area contributed by atoms with E-state index < -0.39 is 6.29 Å². The quantitative estimate of drug-likeness (QED) is 0.688. The van der Waals surface area contributed by atoms with E-state index in [9.17, 15) is 0 Å². The molecule has 21 heavy (non-hydrogen) atoms. The number of methoxy groups -OCH3 is 2. The Morgan fingerprint density at radius 3 is 2.48 bits per heavy atom. The lowest BCUT2D eigenvalue weighted by molar-refractivity contribution is -0.108. The summed E-state index contributed by atoms with van der Waals surface area (Å²) in [6.07, 6.45) is 2.94. The number of hydrogen-bond acceptors (Lipinski definition) is 5. The molecule has 5 nitrogen and oxygen atoms in total. The van der Waals surface area contributed by atoms with Gasteiger partial charge in [0.15, 0.2) is 5.82 Å². The lowest BCUT2D eigenvalue weighted by atomic mass is 10.1. The molecule has 0 unspecified atom stereocenters. The molecule has 0 aliphatic heterocycles. The molecule has 0 atom stereocenters. The van der Waals surface area contributed by atoms with Crippen LogP contribution in [0.1, 0.15) is 12.0 Å². The number of rotatable bonds is 4. The van der Waals surface area contributed by atoms with Crippen LogP contribution < -0.4 is 0 Å². The second kappa shape index (κ2) is 5.95. The van der Waals surface area contributed by atoms with Crippen molar-refractivity contribution < 1.29 is 9.47 Å². The van der Waals surface area contributed by atoms with Crippen LogP contribution in [0, 0.1) is 0 Å². The van der Waals surface area contributed by atoms with Crippen molar-refractivity contribution in [3.63, 3.8) is 0 Å². The highest BCUT2D eigenvalue weighted by atomic mass is 16.7. The zero-order valence-electron chi connectivity index (χ0n) is 11.9. The highest BCUT2D eigenvalue weighted by Crippen LogP contribution is 2.24. The van der Waals surface area contributed by atoms with Crippen LogP contribution in [0.4, 0.5) is 0 Å². The molecule has 1 aromatic carbocycles. The third-order valence-electron chi connectivity index (χ3n) is 3.23. The summed E-state index contributed by atoms with van der Waals surface area (Å²) in [5, 5.41) is 2.12. The van der Waals surface area contributed by atoms with Crippen LogP contribution in [-0.4, -0.2) is 29.2 Å². The van der Waals surface area contributed by atoms with Crippen molar-refractivity contribution in [1.29, 1.82) is 0 Å². The highest BCUT2D eigenvalue weighted by molar-refractivity contribution is 5.92. The number of ether oxygens (including phenoxy) is 2. The SMILES string of the molecule is COC(OC)c1ccnc(-c2nccc3ccccc23)n1. The Kier molecular flexibility index (Phi) is 3.85. The van der Waals surface area contributed by atoms with E-state index in [1.165, 1.54) is 0 Å². The standard InChI is InChI=1S/C16H15N3O2/c1-20-16(21-2)13-8-10-18-15(19-13)14-12-6-4-3-5-11(12)7-9-17-14/h3-10,16H,1-2H3. The molecule has 0 N–H and O–H groups in total. The third-order valence-corrected chi connectivity index (χ3v) is 3.23. The smallest absolute Gasteiger partial charge is 0.200 e. The van der Waals surface area contributed by atoms with Gasteiger partial charge in [0.1, 0.15) is 11.4 Å². The Balaban J connectivity index is 2.13. The average Bonchev–Trinajstić information content (AvgIpc) is 2.56. The van der Waals surface area contributed by atoms with Crippen LogP contribution in [0.3, 0.4) is 0 Å². The van der Waals surface area contributed by atoms with E-state index in [1.54, 1.807) is 32.7 Å². The van der Waals surface area contributed by atoms with Gasteiger partial charge in [-0.15, -0.1) is 0 Å². The summed E-state index contributed by atoms with van der Waals surface area (Å²) < 4.78 is 10.5. The van der Waals surface area contributed by atoms with Gasteiger partial charge < -0.3 is 9.47 Å². The molecule has 2 aromatic heterocycles. The first-order valence-corrected chi connectivity index (χ1v) is 6.56. The van der Waals surface area contributed by atoms with E-state index in [-0.39, 0.29) is 0 Å². The number of benzene rings is 1. The molecule has 0 aliphatic carbocycles. The molecule has 3 aromatic rings. The zero-order valence-corrected chi connectivity index (χ0v) is 11.9. The first kappa shape index (κ1) is 13.6. The van der Waals surface area contributed by atoms with Gasteiger partial charge in [-0.2, -0.15) is 0 Å². The Bertz CT molecular complexity index is 752. The topological polar surface area (TPSA) is 57.1 Å². The number of aromatic nitrogens is 3. The molecular weight excluding hydrogens is 266 g/mol. The summed E-state index contributed by atoms with van der Waals surface area (Å²) in [5.74, 6) is 0.559. The predicted molar refractivity (Wildman–Crippen MR) is 79.5 cm³/mol. The normalized spacial score (nSPS) is 11.2. The third kappa shape index (κ3) is 2.61. The minimum atomic E-state index is -0.512. The lowest BCUT2D eigenvalue weighted by Crippen LogP contribution is -2.07. The molecule has 106 valence electrons. The fourth-order valence-electron chi connectivity index (χ4n) is 2.25. The second-order valence-corrected chi connectivity index (χ2v) is 4.49. The molecule has 5 heteroatoms. The number of nitrogens with zero attached hydrogens (tertiary/aromatic N) is 3. The van der Waals surface area contributed by atoms with Crippen molar-refractivity contribution in [3.05, 3.63) is 54.5 Å². The first-order chi connectivity index (χ1) is 10.3. The van der Waals surface area contributed by atoms with Gasteiger partial charge in [-0.05, 0) is 17.5 Å². The minimum Gasteiger partial charge on any atom is -0.350 e. The number of pyridine rings is 1. The molecule has 3 rings (SSSR count). The minimum absolute atomic E-state index is 0.512. The largest absolute Gasteiger partial charge is 0.350 e. The fourth-order valence-corrected chi connectivity index (χ4v) is 2.25. The molecular formula is C16H15N3O2. The second-order valence-electron chi connectivity index (χ2n) is 4.49. The Morgan fingerprint density at radius 2 is 1.67 bits per heavy atom. The lowest BCUT2D eigenvalue weighted by Gasteiger charge is -2.13. The van der Waals surface area contributed by atoms with Gasteiger partial charge in [0.2, 0.25) is 6.29 Å². The van der Waals surface area contributed by atoms with Crippen LogP contribution in [-0.2, 0) is 9.47 Å². The van der Waals surface area contributed by atoms with E-state index in [0.29, 0.717) is 11.5 Å². The van der Waals surface area contributed by atoms with Crippen LogP contribution in [0.25, 0.3) is 22.3 Å². The maximum Gasteiger partial charge on any atom is 0.200 e. The monoisotopic (exact) mass is 281 g/mol. The van der Waals surface area contributed by atoms with Crippen LogP contribution in [0.2, 0.25) is 0 Å². The molecule has 0 saturated carbocycles. The van der Waals surface area contributed by atoms with E-state index in [4.69, 9.17) is 9.47 Å². The summed E-state index contributed by atoms with van der Waals surface area (Å²) in [7, 11) is 3.15. The summed E-state index contributed by atoms with van der Waals surface area (Å²) in [6, 6.07) is 11.8. The van der Waals surface area contributed by atoms with E-state index in [1.807, 2.05) is 30.3 Å². The zero-order chi connectivity index (χ0) is 14.7. The van der Waals surface area contributed by atoms with E-state index in [2.05, 4.69) is 15.0 Å². The van der Waals surface area contributed by atoms with Crippen molar-refractivity contribution in [2.24, 2.45) is 0 Å². The summed E-state index contributed by atoms with van der Waals surface area (Å²) in [5.41, 5.74) is 1.42. The van der Waals surface area contributed by atoms with Gasteiger partial charge in [0, 0.05) is 32.0 Å². The van der Waals surface area contributed by atoms with Gasteiger partial charge in [0.25, 0.3) is 0 Å². The van der Waals surface area contributed by atoms with Crippen molar-refractivity contribution >= 4 is 10.8 Å². The van der Waals surface area contributed by atoms with E-state index in [0.717, 1.165) is 16.5 Å². The van der Waals surface area contributed by atoms with E-state index >= 15 is 0 Å². The summed E-state index contributed by atoms with van der Waals surface area (Å²) in [6.45, 7) is 0. The van der Waals surface area contributed by atoms with Gasteiger partial charge in [0.05, 0.1) is 0 Å². The van der Waals surface area contributed by atoms with Crippen molar-refractivity contribution in [2.45, 2.75) is 6.29 Å². The van der Waals surface area contributed by atoms with Crippen molar-refractivity contribution in [1.82, 2.24) is 15.0 Å². The molecule has 0 fully saturated rings. The maximum atomic E-state index is 5.23. The predicted octanol–water partition coefficient (Wildman–Crippen LogP) is 2.98. The summed E-state index contributed by atoms with van der Waals surface area (Å²) in [4.78, 5) is 13.3. The van der Waals surface area contributed by atoms with Crippen molar-refractivity contribution in [2.75, 3.05) is 14.2 Å². The molecule has 2 heterocycles. The Hall–Kier alpha value is -2.37.